The van der Waals surface area contributed by atoms with E-state index in [1.165, 1.54) is 0 Å². The molecule has 0 aliphatic carbocycles. The molecular weight excluding hydrogens is 250 g/mol. The van der Waals surface area contributed by atoms with Crippen LogP contribution in [0.3, 0.4) is 0 Å². The highest BCUT2D eigenvalue weighted by molar-refractivity contribution is 5.85. The number of nitrogens with one attached hydrogen (secondary N) is 1. The monoisotopic (exact) mass is 269 g/mol. The predicted molar refractivity (Wildman–Crippen MR) is 73.7 cm³/mol. The highest BCUT2D eigenvalue weighted by atomic mass is 35.5. The summed E-state index contributed by atoms with van der Waals surface area (Å²) in [5, 5.41) is 3.21. The van der Waals surface area contributed by atoms with Crippen LogP contribution in [0.25, 0.3) is 0 Å². The first-order chi connectivity index (χ1) is 8.25. The van der Waals surface area contributed by atoms with Gasteiger partial charge in [-0.3, -0.25) is 4.79 Å². The van der Waals surface area contributed by atoms with E-state index in [4.69, 9.17) is 4.74 Å². The summed E-state index contributed by atoms with van der Waals surface area (Å²) in [5.41, 5.74) is 1.03. The van der Waals surface area contributed by atoms with Crippen molar-refractivity contribution in [2.45, 2.75) is 32.4 Å². The first-order valence-corrected chi connectivity index (χ1v) is 6.19. The van der Waals surface area contributed by atoms with Crippen LogP contribution >= 0.6 is 12.4 Å². The minimum Gasteiger partial charge on any atom is -0.460 e. The van der Waals surface area contributed by atoms with E-state index < -0.39 is 0 Å². The van der Waals surface area contributed by atoms with Gasteiger partial charge in [0.2, 0.25) is 0 Å². The van der Waals surface area contributed by atoms with Crippen LogP contribution in [0, 0.1) is 5.92 Å². The van der Waals surface area contributed by atoms with E-state index in [0.717, 1.165) is 24.9 Å². The molecule has 0 bridgehead atoms. The second-order valence-electron chi connectivity index (χ2n) is 4.73. The van der Waals surface area contributed by atoms with Crippen molar-refractivity contribution < 1.29 is 9.53 Å². The van der Waals surface area contributed by atoms with Crippen molar-refractivity contribution in [2.75, 3.05) is 6.54 Å². The molecule has 18 heavy (non-hydrogen) atoms. The first-order valence-electron chi connectivity index (χ1n) is 6.19. The fourth-order valence-corrected chi connectivity index (χ4v) is 2.12. The molecular formula is C14H20ClNO2. The van der Waals surface area contributed by atoms with Gasteiger partial charge in [0.05, 0.1) is 0 Å². The minimum absolute atomic E-state index is 0. The normalized spacial score (nSPS) is 22.9. The van der Waals surface area contributed by atoms with Crippen LogP contribution in [0.1, 0.15) is 25.3 Å². The molecule has 1 aromatic carbocycles. The number of halogens is 1. The number of hydrogen-bond donors (Lipinski definition) is 1. The molecule has 4 heteroatoms. The highest BCUT2D eigenvalue weighted by Gasteiger charge is 2.25. The average molecular weight is 270 g/mol. The standard InChI is InChI=1S/C14H19NO2.ClH/c1-11-7-8-15-13(9-11)14(16)17-10-12-5-3-2-4-6-12;/h2-6,11,13,15H,7-10H2,1H3;1H/t11-,13-;/m1./s1. The van der Waals surface area contributed by atoms with E-state index in [1.807, 2.05) is 30.3 Å². The quantitative estimate of drug-likeness (QED) is 0.857. The van der Waals surface area contributed by atoms with Crippen LogP contribution in [0.2, 0.25) is 0 Å². The maximum atomic E-state index is 11.8. The number of carbonyl (C=O) groups excluding carboxylic acids is 1. The molecule has 0 spiro atoms. The van der Waals surface area contributed by atoms with Crippen LogP contribution in [0.5, 0.6) is 0 Å². The van der Waals surface area contributed by atoms with Crippen molar-refractivity contribution in [3.05, 3.63) is 35.9 Å². The summed E-state index contributed by atoms with van der Waals surface area (Å²) in [6.07, 6.45) is 2.02. The molecule has 1 saturated heterocycles. The van der Waals surface area contributed by atoms with Crippen LogP contribution in [0.4, 0.5) is 0 Å². The van der Waals surface area contributed by atoms with E-state index in [1.54, 1.807) is 0 Å². The third-order valence-corrected chi connectivity index (χ3v) is 3.17. The summed E-state index contributed by atoms with van der Waals surface area (Å²) < 4.78 is 5.31. The van der Waals surface area contributed by atoms with Gasteiger partial charge in [0.1, 0.15) is 12.6 Å². The lowest BCUT2D eigenvalue weighted by atomic mass is 9.94. The Morgan fingerprint density at radius 2 is 2.11 bits per heavy atom. The Kier molecular flexibility index (Phi) is 6.16. The third-order valence-electron chi connectivity index (χ3n) is 3.17. The Morgan fingerprint density at radius 3 is 2.78 bits per heavy atom. The zero-order valence-corrected chi connectivity index (χ0v) is 11.4. The van der Waals surface area contributed by atoms with E-state index in [2.05, 4.69) is 12.2 Å². The minimum atomic E-state index is -0.125. The fourth-order valence-electron chi connectivity index (χ4n) is 2.12. The van der Waals surface area contributed by atoms with Gasteiger partial charge < -0.3 is 10.1 Å². The van der Waals surface area contributed by atoms with Gasteiger partial charge in [0, 0.05) is 0 Å². The van der Waals surface area contributed by atoms with Gasteiger partial charge in [-0.2, -0.15) is 0 Å². The van der Waals surface area contributed by atoms with Gasteiger partial charge in [-0.1, -0.05) is 37.3 Å². The molecule has 0 unspecified atom stereocenters. The molecule has 0 amide bonds. The van der Waals surface area contributed by atoms with Gasteiger partial charge in [-0.25, -0.2) is 0 Å². The zero-order chi connectivity index (χ0) is 12.1. The first kappa shape index (κ1) is 15.0. The Morgan fingerprint density at radius 1 is 1.39 bits per heavy atom. The molecule has 100 valence electrons. The second kappa shape index (κ2) is 7.39. The summed E-state index contributed by atoms with van der Waals surface area (Å²) >= 11 is 0. The number of esters is 1. The molecule has 0 aromatic heterocycles. The zero-order valence-electron chi connectivity index (χ0n) is 10.6. The van der Waals surface area contributed by atoms with Gasteiger partial charge >= 0.3 is 5.97 Å². The Bertz CT molecular complexity index is 369. The molecule has 0 saturated carbocycles. The number of hydrogen-bond acceptors (Lipinski definition) is 3. The Balaban J connectivity index is 0.00000162. The molecule has 1 aliphatic rings. The van der Waals surface area contributed by atoms with E-state index >= 15 is 0 Å². The SMILES string of the molecule is C[C@@H]1CCN[C@@H](C(=O)OCc2ccccc2)C1.Cl. The van der Waals surface area contributed by atoms with Gasteiger partial charge in [-0.05, 0) is 30.9 Å². The Labute approximate surface area is 114 Å². The number of ether oxygens (including phenoxy) is 1. The Hall–Kier alpha value is -1.06. The van der Waals surface area contributed by atoms with E-state index in [-0.39, 0.29) is 24.4 Å². The molecule has 3 nitrogen and oxygen atoms in total. The number of rotatable bonds is 3. The summed E-state index contributed by atoms with van der Waals surface area (Å²) in [6.45, 7) is 3.46. The van der Waals surface area contributed by atoms with Crippen molar-refractivity contribution in [3.8, 4) is 0 Å². The average Bonchev–Trinajstić information content (AvgIpc) is 2.37. The molecule has 1 aromatic rings. The topological polar surface area (TPSA) is 38.3 Å². The third kappa shape index (κ3) is 4.31. The van der Waals surface area contributed by atoms with Gasteiger partial charge in [0.25, 0.3) is 0 Å². The summed E-state index contributed by atoms with van der Waals surface area (Å²) in [5.74, 6) is 0.478. The summed E-state index contributed by atoms with van der Waals surface area (Å²) in [4.78, 5) is 11.8. The predicted octanol–water partition coefficient (Wildman–Crippen LogP) is 2.54. The number of carbonyl (C=O) groups is 1. The molecule has 2 atom stereocenters. The maximum absolute atomic E-state index is 11.8. The van der Waals surface area contributed by atoms with Gasteiger partial charge in [0.15, 0.2) is 0 Å². The molecule has 1 fully saturated rings. The highest BCUT2D eigenvalue weighted by Crippen LogP contribution is 2.16. The van der Waals surface area contributed by atoms with Crippen LogP contribution in [-0.4, -0.2) is 18.6 Å². The lowest BCUT2D eigenvalue weighted by Gasteiger charge is -2.26. The molecule has 1 aliphatic heterocycles. The summed E-state index contributed by atoms with van der Waals surface area (Å²) in [6, 6.07) is 9.65. The van der Waals surface area contributed by atoms with E-state index in [9.17, 15) is 4.79 Å². The van der Waals surface area contributed by atoms with Gasteiger partial charge in [-0.15, -0.1) is 12.4 Å². The van der Waals surface area contributed by atoms with Crippen molar-refractivity contribution in [1.82, 2.24) is 5.32 Å². The van der Waals surface area contributed by atoms with E-state index in [0.29, 0.717) is 12.5 Å². The van der Waals surface area contributed by atoms with Crippen LogP contribution in [0.15, 0.2) is 30.3 Å². The van der Waals surface area contributed by atoms with Crippen molar-refractivity contribution in [2.24, 2.45) is 5.92 Å². The van der Waals surface area contributed by atoms with Crippen LogP contribution in [-0.2, 0) is 16.1 Å². The molecule has 2 rings (SSSR count). The summed E-state index contributed by atoms with van der Waals surface area (Å²) in [7, 11) is 0. The lowest BCUT2D eigenvalue weighted by molar-refractivity contribution is -0.148. The molecule has 1 heterocycles. The fraction of sp³-hybridized carbons (Fsp3) is 0.500. The van der Waals surface area contributed by atoms with Crippen molar-refractivity contribution in [1.29, 1.82) is 0 Å². The lowest BCUT2D eigenvalue weighted by Crippen LogP contribution is -2.43. The maximum Gasteiger partial charge on any atom is 0.323 e. The van der Waals surface area contributed by atoms with Crippen molar-refractivity contribution in [3.63, 3.8) is 0 Å². The second-order valence-corrected chi connectivity index (χ2v) is 4.73. The smallest absolute Gasteiger partial charge is 0.323 e. The number of piperidine rings is 1. The largest absolute Gasteiger partial charge is 0.460 e. The molecule has 1 N–H and O–H groups in total. The number of benzene rings is 1. The molecule has 0 radical (unpaired) electrons. The van der Waals surface area contributed by atoms with Crippen molar-refractivity contribution >= 4 is 18.4 Å². The van der Waals surface area contributed by atoms with Crippen LogP contribution < -0.4 is 5.32 Å².